The lowest BCUT2D eigenvalue weighted by Gasteiger charge is -2.31. The van der Waals surface area contributed by atoms with Crippen LogP contribution in [0.4, 0.5) is 5.95 Å². The van der Waals surface area contributed by atoms with Gasteiger partial charge in [0.05, 0.1) is 10.6 Å². The number of nitrogens with one attached hydrogen (secondary N) is 1. The quantitative estimate of drug-likeness (QED) is 0.926. The number of benzene rings is 1. The van der Waals surface area contributed by atoms with Crippen LogP contribution in [0.3, 0.4) is 0 Å². The van der Waals surface area contributed by atoms with Gasteiger partial charge < -0.3 is 10.2 Å². The first kappa shape index (κ1) is 16.7. The molecule has 0 spiro atoms. The Hall–Kier alpha value is -2.14. The molecule has 5 nitrogen and oxygen atoms in total. The van der Waals surface area contributed by atoms with E-state index in [-0.39, 0.29) is 5.91 Å². The average molecular weight is 345 g/mol. The van der Waals surface area contributed by atoms with Crippen molar-refractivity contribution in [2.75, 3.05) is 24.5 Å². The Morgan fingerprint density at radius 3 is 2.71 bits per heavy atom. The lowest BCUT2D eigenvalue weighted by Crippen LogP contribution is -2.39. The minimum absolute atomic E-state index is 0.0995. The Labute approximate surface area is 147 Å². The number of piperidine rings is 1. The Morgan fingerprint density at radius 1 is 1.29 bits per heavy atom. The molecular formula is C18H21ClN4O. The molecule has 2 heterocycles. The van der Waals surface area contributed by atoms with E-state index < -0.39 is 0 Å². The van der Waals surface area contributed by atoms with E-state index in [2.05, 4.69) is 20.2 Å². The maximum atomic E-state index is 12.3. The average Bonchev–Trinajstić information content (AvgIpc) is 2.63. The van der Waals surface area contributed by atoms with E-state index in [4.69, 9.17) is 11.6 Å². The monoisotopic (exact) mass is 344 g/mol. The molecule has 1 aliphatic heterocycles. The lowest BCUT2D eigenvalue weighted by molar-refractivity contribution is 0.0945. The number of amides is 1. The van der Waals surface area contributed by atoms with Gasteiger partial charge >= 0.3 is 0 Å². The maximum absolute atomic E-state index is 12.3. The maximum Gasteiger partial charge on any atom is 0.252 e. The topological polar surface area (TPSA) is 58.1 Å². The minimum Gasteiger partial charge on any atom is -0.352 e. The third-order valence-electron chi connectivity index (χ3n) is 4.37. The molecule has 0 radical (unpaired) electrons. The third-order valence-corrected chi connectivity index (χ3v) is 4.70. The summed E-state index contributed by atoms with van der Waals surface area (Å²) in [5.74, 6) is 1.15. The molecule has 1 fully saturated rings. The van der Waals surface area contributed by atoms with E-state index in [0.717, 1.165) is 37.4 Å². The molecular weight excluding hydrogens is 324 g/mol. The first-order valence-corrected chi connectivity index (χ1v) is 8.57. The van der Waals surface area contributed by atoms with Crippen molar-refractivity contribution < 1.29 is 4.79 Å². The Kier molecular flexibility index (Phi) is 5.30. The predicted molar refractivity (Wildman–Crippen MR) is 95.5 cm³/mol. The van der Waals surface area contributed by atoms with E-state index >= 15 is 0 Å². The molecule has 1 N–H and O–H groups in total. The molecule has 6 heteroatoms. The van der Waals surface area contributed by atoms with Gasteiger partial charge in [0.25, 0.3) is 5.91 Å². The minimum atomic E-state index is -0.0995. The number of carbonyl (C=O) groups is 1. The van der Waals surface area contributed by atoms with Crippen LogP contribution in [0.1, 0.15) is 28.8 Å². The number of nitrogens with zero attached hydrogens (tertiary/aromatic N) is 3. The fraction of sp³-hybridized carbons (Fsp3) is 0.389. The molecule has 0 saturated carbocycles. The smallest absolute Gasteiger partial charge is 0.252 e. The molecule has 2 aromatic rings. The second-order valence-corrected chi connectivity index (χ2v) is 6.58. The summed E-state index contributed by atoms with van der Waals surface area (Å²) in [5, 5.41) is 3.51. The standard InChI is InChI=1S/C18H21ClN4O/c1-13-3-4-16(19)15(11-13)17(24)22-12-14-5-9-23(10-6-14)18-20-7-2-8-21-18/h2-4,7-8,11,14H,5-6,9-10,12H2,1H3,(H,22,24). The molecule has 0 bridgehead atoms. The second-order valence-electron chi connectivity index (χ2n) is 6.17. The van der Waals surface area contributed by atoms with Gasteiger partial charge in [0.15, 0.2) is 0 Å². The van der Waals surface area contributed by atoms with E-state index in [9.17, 15) is 4.79 Å². The zero-order valence-corrected chi connectivity index (χ0v) is 14.5. The highest BCUT2D eigenvalue weighted by Gasteiger charge is 2.21. The number of halogens is 1. The second kappa shape index (κ2) is 7.62. The van der Waals surface area contributed by atoms with E-state index in [1.807, 2.05) is 25.1 Å². The number of aromatic nitrogens is 2. The van der Waals surface area contributed by atoms with Crippen LogP contribution in [0.5, 0.6) is 0 Å². The van der Waals surface area contributed by atoms with Crippen molar-refractivity contribution in [1.29, 1.82) is 0 Å². The van der Waals surface area contributed by atoms with Gasteiger partial charge in [0.2, 0.25) is 5.95 Å². The van der Waals surface area contributed by atoms with Crippen molar-refractivity contribution in [2.45, 2.75) is 19.8 Å². The molecule has 1 aromatic heterocycles. The SMILES string of the molecule is Cc1ccc(Cl)c(C(=O)NCC2CCN(c3ncccn3)CC2)c1. The first-order chi connectivity index (χ1) is 11.6. The summed E-state index contributed by atoms with van der Waals surface area (Å²) >= 11 is 6.12. The van der Waals surface area contributed by atoms with Crippen LogP contribution >= 0.6 is 11.6 Å². The van der Waals surface area contributed by atoms with Crippen LogP contribution in [-0.2, 0) is 0 Å². The number of rotatable bonds is 4. The highest BCUT2D eigenvalue weighted by Crippen LogP contribution is 2.21. The van der Waals surface area contributed by atoms with Crippen molar-refractivity contribution in [3.05, 3.63) is 52.8 Å². The number of carbonyl (C=O) groups excluding carboxylic acids is 1. The van der Waals surface area contributed by atoms with Gasteiger partial charge in [-0.25, -0.2) is 9.97 Å². The fourth-order valence-corrected chi connectivity index (χ4v) is 3.14. The summed E-state index contributed by atoms with van der Waals surface area (Å²) in [4.78, 5) is 23.1. The Morgan fingerprint density at radius 2 is 2.00 bits per heavy atom. The zero-order chi connectivity index (χ0) is 16.9. The highest BCUT2D eigenvalue weighted by molar-refractivity contribution is 6.33. The van der Waals surface area contributed by atoms with Gasteiger partial charge in [-0.2, -0.15) is 0 Å². The summed E-state index contributed by atoms with van der Waals surface area (Å²) in [6, 6.07) is 7.32. The Bertz CT molecular complexity index is 699. The summed E-state index contributed by atoms with van der Waals surface area (Å²) in [6.45, 7) is 4.45. The van der Waals surface area contributed by atoms with Gasteiger partial charge in [-0.15, -0.1) is 0 Å². The van der Waals surface area contributed by atoms with Crippen molar-refractivity contribution in [3.63, 3.8) is 0 Å². The summed E-state index contributed by atoms with van der Waals surface area (Å²) in [7, 11) is 0. The third kappa shape index (κ3) is 4.03. The van der Waals surface area contributed by atoms with Crippen LogP contribution < -0.4 is 10.2 Å². The Balaban J connectivity index is 1.50. The lowest BCUT2D eigenvalue weighted by atomic mass is 9.97. The van der Waals surface area contributed by atoms with E-state index in [0.29, 0.717) is 23.0 Å². The van der Waals surface area contributed by atoms with Crippen LogP contribution in [0.15, 0.2) is 36.7 Å². The van der Waals surface area contributed by atoms with E-state index in [1.165, 1.54) is 0 Å². The largest absolute Gasteiger partial charge is 0.352 e. The van der Waals surface area contributed by atoms with Gasteiger partial charge in [-0.1, -0.05) is 23.2 Å². The molecule has 1 saturated heterocycles. The van der Waals surface area contributed by atoms with Crippen LogP contribution in [-0.4, -0.2) is 35.5 Å². The number of hydrogen-bond donors (Lipinski definition) is 1. The molecule has 0 unspecified atom stereocenters. The first-order valence-electron chi connectivity index (χ1n) is 8.20. The molecule has 1 aliphatic rings. The zero-order valence-electron chi connectivity index (χ0n) is 13.7. The van der Waals surface area contributed by atoms with E-state index in [1.54, 1.807) is 18.5 Å². The molecule has 0 atom stereocenters. The number of hydrogen-bond acceptors (Lipinski definition) is 4. The van der Waals surface area contributed by atoms with Gasteiger partial charge in [0, 0.05) is 32.0 Å². The van der Waals surface area contributed by atoms with Crippen molar-refractivity contribution in [1.82, 2.24) is 15.3 Å². The van der Waals surface area contributed by atoms with Crippen molar-refractivity contribution >= 4 is 23.5 Å². The van der Waals surface area contributed by atoms with Crippen molar-refractivity contribution in [3.8, 4) is 0 Å². The molecule has 1 aromatic carbocycles. The van der Waals surface area contributed by atoms with Crippen molar-refractivity contribution in [2.24, 2.45) is 5.92 Å². The molecule has 1 amide bonds. The van der Waals surface area contributed by atoms with Gasteiger partial charge in [0.1, 0.15) is 0 Å². The predicted octanol–water partition coefficient (Wildman–Crippen LogP) is 3.08. The number of aryl methyl sites for hydroxylation is 1. The van der Waals surface area contributed by atoms with Gasteiger partial charge in [-0.05, 0) is 43.9 Å². The fourth-order valence-electron chi connectivity index (χ4n) is 2.94. The molecule has 126 valence electrons. The van der Waals surface area contributed by atoms with Crippen LogP contribution in [0.25, 0.3) is 0 Å². The van der Waals surface area contributed by atoms with Crippen LogP contribution in [0, 0.1) is 12.8 Å². The molecule has 3 rings (SSSR count). The molecule has 24 heavy (non-hydrogen) atoms. The normalized spacial score (nSPS) is 15.3. The van der Waals surface area contributed by atoms with Gasteiger partial charge in [-0.3, -0.25) is 4.79 Å². The summed E-state index contributed by atoms with van der Waals surface area (Å²) < 4.78 is 0. The number of anilines is 1. The summed E-state index contributed by atoms with van der Waals surface area (Å²) in [5.41, 5.74) is 1.58. The summed E-state index contributed by atoms with van der Waals surface area (Å²) in [6.07, 6.45) is 5.56. The van der Waals surface area contributed by atoms with Crippen LogP contribution in [0.2, 0.25) is 5.02 Å². The highest BCUT2D eigenvalue weighted by atomic mass is 35.5. The molecule has 0 aliphatic carbocycles.